The van der Waals surface area contributed by atoms with Crippen LogP contribution >= 0.6 is 0 Å². The Morgan fingerprint density at radius 3 is 1.55 bits per heavy atom. The van der Waals surface area contributed by atoms with Gasteiger partial charge in [0.1, 0.15) is 11.5 Å². The number of hydrogen-bond acceptors (Lipinski definition) is 3. The van der Waals surface area contributed by atoms with Crippen LogP contribution in [0.1, 0.15) is 75.8 Å². The van der Waals surface area contributed by atoms with E-state index in [0.29, 0.717) is 11.5 Å². The Bertz CT molecular complexity index is 1200. The number of rotatable bonds is 16. The number of allylic oxidation sites excluding steroid dienone is 2. The van der Waals surface area contributed by atoms with E-state index >= 15 is 0 Å². The molecule has 3 aromatic carbocycles. The highest BCUT2D eigenvalue weighted by molar-refractivity contribution is 5.50. The number of nitrogens with zero attached hydrogens (tertiary/aromatic N) is 1. The molecule has 0 spiro atoms. The maximum atomic E-state index is 10.5. The quantitative estimate of drug-likeness (QED) is 0.141. The lowest BCUT2D eigenvalue weighted by Gasteiger charge is -2.23. The van der Waals surface area contributed by atoms with E-state index in [0.717, 1.165) is 93.3 Å². The van der Waals surface area contributed by atoms with Gasteiger partial charge in [-0.15, -0.1) is 13.2 Å². The van der Waals surface area contributed by atoms with E-state index in [1.54, 1.807) is 0 Å². The molecule has 0 heterocycles. The number of aromatic hydroxyl groups is 2. The highest BCUT2D eigenvalue weighted by Gasteiger charge is 2.14. The Morgan fingerprint density at radius 1 is 0.675 bits per heavy atom. The van der Waals surface area contributed by atoms with Gasteiger partial charge in [0.2, 0.25) is 0 Å². The molecule has 3 aromatic rings. The maximum Gasteiger partial charge on any atom is 0.121 e. The average molecular weight is 540 g/mol. The van der Waals surface area contributed by atoms with Gasteiger partial charge in [-0.1, -0.05) is 54.6 Å². The third-order valence-electron chi connectivity index (χ3n) is 8.20. The summed E-state index contributed by atoms with van der Waals surface area (Å²) in [4.78, 5) is 2.59. The maximum absolute atomic E-state index is 10.5. The predicted molar refractivity (Wildman–Crippen MR) is 171 cm³/mol. The van der Waals surface area contributed by atoms with Gasteiger partial charge >= 0.3 is 0 Å². The number of benzene rings is 3. The molecule has 0 atom stereocenters. The van der Waals surface area contributed by atoms with Gasteiger partial charge in [-0.05, 0) is 142 Å². The molecule has 0 radical (unpaired) electrons. The number of aryl methyl sites for hydroxylation is 2. The normalized spacial score (nSPS) is 11.2. The molecule has 0 saturated heterocycles. The van der Waals surface area contributed by atoms with Gasteiger partial charge in [0.05, 0.1) is 0 Å². The predicted octanol–water partition coefficient (Wildman–Crippen LogP) is 8.64. The van der Waals surface area contributed by atoms with Crippen molar-refractivity contribution < 1.29 is 10.2 Å². The number of hydrogen-bond donors (Lipinski definition) is 2. The van der Waals surface area contributed by atoms with Crippen LogP contribution in [0.25, 0.3) is 0 Å². The molecular weight excluding hydrogens is 490 g/mol. The number of phenols is 2. The lowest BCUT2D eigenvalue weighted by Crippen LogP contribution is -2.26. The van der Waals surface area contributed by atoms with Gasteiger partial charge in [-0.3, -0.25) is 4.90 Å². The second kappa shape index (κ2) is 15.5. The standard InChI is InChI=1S/C37H49NO2/c1-7-16-32-24-27(3)36(39)29(5)34(32)20-12-14-22-38(26-31-18-10-9-11-19-31)23-15-13-21-35-30(6)37(40)28(4)25-33(35)17-8-2/h7-11,18-19,24-25,39-40H,1-2,12-17,20-23,26H2,3-6H3. The molecule has 40 heavy (non-hydrogen) atoms. The van der Waals surface area contributed by atoms with Crippen molar-refractivity contribution in [1.29, 1.82) is 0 Å². The first-order valence-corrected chi connectivity index (χ1v) is 14.9. The molecular formula is C37H49NO2. The molecule has 3 heteroatoms. The van der Waals surface area contributed by atoms with Crippen LogP contribution in [0.15, 0.2) is 67.8 Å². The van der Waals surface area contributed by atoms with Crippen molar-refractivity contribution in [1.82, 2.24) is 4.90 Å². The Labute approximate surface area is 242 Å². The van der Waals surface area contributed by atoms with Gasteiger partial charge in [-0.25, -0.2) is 0 Å². The van der Waals surface area contributed by atoms with Crippen LogP contribution in [0.4, 0.5) is 0 Å². The van der Waals surface area contributed by atoms with Crippen LogP contribution < -0.4 is 0 Å². The molecule has 0 unspecified atom stereocenters. The highest BCUT2D eigenvalue weighted by atomic mass is 16.3. The molecule has 0 aliphatic rings. The summed E-state index contributed by atoms with van der Waals surface area (Å²) < 4.78 is 0. The number of phenolic OH excluding ortho intramolecular Hbond substituents is 2. The van der Waals surface area contributed by atoms with E-state index in [4.69, 9.17) is 0 Å². The van der Waals surface area contributed by atoms with Gasteiger partial charge in [0, 0.05) is 6.54 Å². The van der Waals surface area contributed by atoms with Gasteiger partial charge in [0.25, 0.3) is 0 Å². The van der Waals surface area contributed by atoms with E-state index < -0.39 is 0 Å². The van der Waals surface area contributed by atoms with Crippen LogP contribution in [0.3, 0.4) is 0 Å². The molecule has 0 aliphatic carbocycles. The van der Waals surface area contributed by atoms with Crippen molar-refractivity contribution in [3.05, 3.63) is 118 Å². The second-order valence-corrected chi connectivity index (χ2v) is 11.3. The monoisotopic (exact) mass is 539 g/mol. The van der Waals surface area contributed by atoms with Crippen molar-refractivity contribution in [2.45, 2.75) is 85.6 Å². The van der Waals surface area contributed by atoms with Crippen molar-refractivity contribution in [3.63, 3.8) is 0 Å². The fourth-order valence-corrected chi connectivity index (χ4v) is 5.95. The molecule has 2 N–H and O–H groups in total. The van der Waals surface area contributed by atoms with Gasteiger partial charge < -0.3 is 10.2 Å². The summed E-state index contributed by atoms with van der Waals surface area (Å²) in [5.41, 5.74) is 10.4. The molecule has 0 fully saturated rings. The van der Waals surface area contributed by atoms with Crippen molar-refractivity contribution in [3.8, 4) is 11.5 Å². The Morgan fingerprint density at radius 2 is 1.12 bits per heavy atom. The van der Waals surface area contributed by atoms with Crippen molar-refractivity contribution >= 4 is 0 Å². The smallest absolute Gasteiger partial charge is 0.121 e. The summed E-state index contributed by atoms with van der Waals surface area (Å²) >= 11 is 0. The highest BCUT2D eigenvalue weighted by Crippen LogP contribution is 2.31. The lowest BCUT2D eigenvalue weighted by atomic mass is 9.92. The van der Waals surface area contributed by atoms with E-state index in [1.165, 1.54) is 27.8 Å². The van der Waals surface area contributed by atoms with Crippen molar-refractivity contribution in [2.75, 3.05) is 13.1 Å². The topological polar surface area (TPSA) is 43.7 Å². The number of unbranched alkanes of at least 4 members (excludes halogenated alkanes) is 2. The third-order valence-corrected chi connectivity index (χ3v) is 8.20. The van der Waals surface area contributed by atoms with Crippen LogP contribution in [0.2, 0.25) is 0 Å². The molecule has 214 valence electrons. The van der Waals surface area contributed by atoms with Crippen LogP contribution in [0.5, 0.6) is 11.5 Å². The van der Waals surface area contributed by atoms with Crippen LogP contribution in [-0.4, -0.2) is 28.2 Å². The van der Waals surface area contributed by atoms with Crippen molar-refractivity contribution in [2.24, 2.45) is 0 Å². The first-order chi connectivity index (χ1) is 19.3. The second-order valence-electron chi connectivity index (χ2n) is 11.3. The van der Waals surface area contributed by atoms with Gasteiger partial charge in [-0.2, -0.15) is 0 Å². The summed E-state index contributed by atoms with van der Waals surface area (Å²) in [7, 11) is 0. The Kier molecular flexibility index (Phi) is 12.1. The fourth-order valence-electron chi connectivity index (χ4n) is 5.95. The zero-order chi connectivity index (χ0) is 29.1. The minimum atomic E-state index is 0.432. The van der Waals surface area contributed by atoms with Gasteiger partial charge in [0.15, 0.2) is 0 Å². The Hall–Kier alpha value is -3.30. The zero-order valence-corrected chi connectivity index (χ0v) is 25.2. The first-order valence-electron chi connectivity index (χ1n) is 14.9. The molecule has 3 nitrogen and oxygen atoms in total. The van der Waals surface area contributed by atoms with E-state index in [9.17, 15) is 10.2 Å². The summed E-state index contributed by atoms with van der Waals surface area (Å²) in [6, 6.07) is 15.0. The van der Waals surface area contributed by atoms with E-state index in [2.05, 4.69) is 60.5 Å². The summed E-state index contributed by atoms with van der Waals surface area (Å²) in [6.07, 6.45) is 11.9. The molecule has 0 saturated carbocycles. The molecule has 0 amide bonds. The van der Waals surface area contributed by atoms with Crippen LogP contribution in [-0.2, 0) is 32.2 Å². The minimum absolute atomic E-state index is 0.432. The third kappa shape index (κ3) is 8.35. The largest absolute Gasteiger partial charge is 0.507 e. The zero-order valence-electron chi connectivity index (χ0n) is 25.2. The fraction of sp³-hybridized carbons (Fsp3) is 0.405. The molecule has 0 aromatic heterocycles. The minimum Gasteiger partial charge on any atom is -0.507 e. The SMILES string of the molecule is C=CCc1cc(C)c(O)c(C)c1CCCCN(CCCCc1c(CC=C)cc(C)c(O)c1C)Cc1ccccc1. The summed E-state index contributed by atoms with van der Waals surface area (Å²) in [5, 5.41) is 21.1. The van der Waals surface area contributed by atoms with E-state index in [-0.39, 0.29) is 0 Å². The molecule has 0 bridgehead atoms. The molecule has 0 aliphatic heterocycles. The molecule has 3 rings (SSSR count). The average Bonchev–Trinajstić information content (AvgIpc) is 2.94. The van der Waals surface area contributed by atoms with Crippen LogP contribution in [0, 0.1) is 27.7 Å². The Balaban J connectivity index is 1.61. The first kappa shape index (κ1) is 31.2. The summed E-state index contributed by atoms with van der Waals surface area (Å²) in [6.45, 7) is 19.0. The summed E-state index contributed by atoms with van der Waals surface area (Å²) in [5.74, 6) is 0.865. The lowest BCUT2D eigenvalue weighted by molar-refractivity contribution is 0.254. The van der Waals surface area contributed by atoms with E-state index in [1.807, 2.05) is 39.8 Å².